The van der Waals surface area contributed by atoms with Gasteiger partial charge in [0.1, 0.15) is 5.75 Å². The molecule has 0 atom stereocenters. The zero-order valence-corrected chi connectivity index (χ0v) is 14.7. The molecule has 1 heterocycles. The number of amides is 1. The van der Waals surface area contributed by atoms with Crippen LogP contribution in [0, 0.1) is 5.92 Å². The monoisotopic (exact) mass is 346 g/mol. The van der Waals surface area contributed by atoms with Gasteiger partial charge in [-0.1, -0.05) is 11.6 Å². The normalized spacial score (nSPS) is 15.0. The predicted octanol–water partition coefficient (Wildman–Crippen LogP) is 3.51. The van der Waals surface area contributed by atoms with Crippen molar-refractivity contribution in [3.63, 3.8) is 0 Å². The number of methoxy groups -OCH3 is 1. The summed E-state index contributed by atoms with van der Waals surface area (Å²) in [6, 6.07) is 5.41. The van der Waals surface area contributed by atoms with E-state index in [9.17, 15) is 4.79 Å². The Bertz CT molecular complexity index is 491. The standard InChI is InChI=1S/C16H23ClN2O2.ClH/c1-19(13-4-5-15(21-2)14(17)11-13)16(20)6-3-12-7-9-18-10-8-12;/h4-5,11-12,18H,3,6-10H2,1-2H3;1H. The quantitative estimate of drug-likeness (QED) is 0.886. The molecule has 2 rings (SSSR count). The molecule has 124 valence electrons. The number of carbonyl (C=O) groups excluding carboxylic acids is 1. The largest absolute Gasteiger partial charge is 0.495 e. The highest BCUT2D eigenvalue weighted by Crippen LogP contribution is 2.29. The zero-order valence-electron chi connectivity index (χ0n) is 13.1. The van der Waals surface area contributed by atoms with E-state index in [0.29, 0.717) is 23.1 Å². The lowest BCUT2D eigenvalue weighted by atomic mass is 9.93. The molecule has 1 saturated heterocycles. The van der Waals surface area contributed by atoms with Crippen molar-refractivity contribution in [3.8, 4) is 5.75 Å². The molecular weight excluding hydrogens is 323 g/mol. The van der Waals surface area contributed by atoms with Gasteiger partial charge in [-0.05, 0) is 56.5 Å². The number of ether oxygens (including phenoxy) is 1. The van der Waals surface area contributed by atoms with Gasteiger partial charge in [-0.25, -0.2) is 0 Å². The van der Waals surface area contributed by atoms with Gasteiger partial charge in [0.15, 0.2) is 0 Å². The van der Waals surface area contributed by atoms with Crippen molar-refractivity contribution >= 4 is 35.6 Å². The molecule has 1 N–H and O–H groups in total. The fraction of sp³-hybridized carbons (Fsp3) is 0.562. The lowest BCUT2D eigenvalue weighted by Crippen LogP contribution is -2.30. The van der Waals surface area contributed by atoms with Crippen molar-refractivity contribution in [1.29, 1.82) is 0 Å². The highest BCUT2D eigenvalue weighted by molar-refractivity contribution is 6.32. The maximum absolute atomic E-state index is 12.3. The highest BCUT2D eigenvalue weighted by Gasteiger charge is 2.17. The van der Waals surface area contributed by atoms with Crippen LogP contribution in [-0.2, 0) is 4.79 Å². The first-order valence-electron chi connectivity index (χ1n) is 7.42. The first kappa shape index (κ1) is 19.1. The van der Waals surface area contributed by atoms with Crippen LogP contribution in [0.4, 0.5) is 5.69 Å². The first-order valence-corrected chi connectivity index (χ1v) is 7.80. The third-order valence-corrected chi connectivity index (χ3v) is 4.42. The number of carbonyl (C=O) groups is 1. The van der Waals surface area contributed by atoms with Crippen molar-refractivity contribution in [1.82, 2.24) is 5.32 Å². The maximum atomic E-state index is 12.3. The van der Waals surface area contributed by atoms with Crippen molar-refractivity contribution in [2.75, 3.05) is 32.1 Å². The van der Waals surface area contributed by atoms with Crippen molar-refractivity contribution in [2.45, 2.75) is 25.7 Å². The molecule has 1 amide bonds. The second-order valence-corrected chi connectivity index (χ2v) is 5.91. The van der Waals surface area contributed by atoms with Crippen LogP contribution in [0.25, 0.3) is 0 Å². The van der Waals surface area contributed by atoms with Gasteiger partial charge in [0.25, 0.3) is 0 Å². The van der Waals surface area contributed by atoms with Crippen LogP contribution < -0.4 is 15.0 Å². The molecule has 0 aromatic heterocycles. The van der Waals surface area contributed by atoms with Gasteiger partial charge in [-0.2, -0.15) is 0 Å². The average molecular weight is 347 g/mol. The molecule has 0 unspecified atom stereocenters. The number of benzene rings is 1. The van der Waals surface area contributed by atoms with Crippen LogP contribution in [0.3, 0.4) is 0 Å². The molecule has 0 spiro atoms. The number of nitrogens with one attached hydrogen (secondary N) is 1. The van der Waals surface area contributed by atoms with E-state index in [2.05, 4.69) is 5.32 Å². The molecule has 0 bridgehead atoms. The van der Waals surface area contributed by atoms with E-state index in [0.717, 1.165) is 25.2 Å². The summed E-state index contributed by atoms with van der Waals surface area (Å²) < 4.78 is 5.13. The number of hydrogen-bond donors (Lipinski definition) is 1. The summed E-state index contributed by atoms with van der Waals surface area (Å²) in [5.41, 5.74) is 0.802. The van der Waals surface area contributed by atoms with Gasteiger partial charge in [-0.15, -0.1) is 12.4 Å². The SMILES string of the molecule is COc1ccc(N(C)C(=O)CCC2CCNCC2)cc1Cl.Cl. The average Bonchev–Trinajstić information content (AvgIpc) is 2.52. The van der Waals surface area contributed by atoms with Gasteiger partial charge in [0.05, 0.1) is 12.1 Å². The Labute approximate surface area is 143 Å². The summed E-state index contributed by atoms with van der Waals surface area (Å²) in [6.45, 7) is 2.14. The van der Waals surface area contributed by atoms with Crippen molar-refractivity contribution < 1.29 is 9.53 Å². The summed E-state index contributed by atoms with van der Waals surface area (Å²) >= 11 is 6.11. The number of anilines is 1. The predicted molar refractivity (Wildman–Crippen MR) is 93.5 cm³/mol. The molecule has 1 fully saturated rings. The van der Waals surface area contributed by atoms with Gasteiger partial charge in [-0.3, -0.25) is 4.79 Å². The molecule has 0 saturated carbocycles. The summed E-state index contributed by atoms with van der Waals surface area (Å²) in [7, 11) is 3.37. The Balaban J connectivity index is 0.00000242. The molecular formula is C16H24Cl2N2O2. The van der Waals surface area contributed by atoms with E-state index in [1.54, 1.807) is 31.2 Å². The van der Waals surface area contributed by atoms with E-state index in [-0.39, 0.29) is 18.3 Å². The Morgan fingerprint density at radius 3 is 2.68 bits per heavy atom. The molecule has 4 nitrogen and oxygen atoms in total. The van der Waals surface area contributed by atoms with E-state index in [1.807, 2.05) is 6.07 Å². The summed E-state index contributed by atoms with van der Waals surface area (Å²) in [6.07, 6.45) is 3.90. The Kier molecular flexibility index (Phi) is 8.01. The number of halogens is 2. The second-order valence-electron chi connectivity index (χ2n) is 5.50. The summed E-state index contributed by atoms with van der Waals surface area (Å²) in [5.74, 6) is 1.42. The van der Waals surface area contributed by atoms with E-state index >= 15 is 0 Å². The smallest absolute Gasteiger partial charge is 0.226 e. The summed E-state index contributed by atoms with van der Waals surface area (Å²) in [4.78, 5) is 14.0. The van der Waals surface area contributed by atoms with Gasteiger partial charge >= 0.3 is 0 Å². The fourth-order valence-corrected chi connectivity index (χ4v) is 2.93. The molecule has 0 radical (unpaired) electrons. The van der Waals surface area contributed by atoms with Gasteiger partial charge < -0.3 is 15.0 Å². The van der Waals surface area contributed by atoms with Gasteiger partial charge in [0, 0.05) is 19.2 Å². The fourth-order valence-electron chi connectivity index (χ4n) is 2.67. The van der Waals surface area contributed by atoms with E-state index in [1.165, 1.54) is 12.8 Å². The molecule has 0 aliphatic carbocycles. The Morgan fingerprint density at radius 2 is 2.09 bits per heavy atom. The summed E-state index contributed by atoms with van der Waals surface area (Å²) in [5, 5.41) is 3.87. The Hall–Kier alpha value is -0.970. The minimum Gasteiger partial charge on any atom is -0.495 e. The lowest BCUT2D eigenvalue weighted by Gasteiger charge is -2.24. The highest BCUT2D eigenvalue weighted by atomic mass is 35.5. The minimum absolute atomic E-state index is 0. The maximum Gasteiger partial charge on any atom is 0.226 e. The number of rotatable bonds is 5. The number of hydrogen-bond acceptors (Lipinski definition) is 3. The van der Waals surface area contributed by atoms with Crippen molar-refractivity contribution in [3.05, 3.63) is 23.2 Å². The van der Waals surface area contributed by atoms with Crippen LogP contribution in [-0.4, -0.2) is 33.2 Å². The van der Waals surface area contributed by atoms with Crippen LogP contribution in [0.2, 0.25) is 5.02 Å². The number of nitrogens with zero attached hydrogens (tertiary/aromatic N) is 1. The molecule has 1 aliphatic rings. The second kappa shape index (κ2) is 9.23. The molecule has 22 heavy (non-hydrogen) atoms. The molecule has 6 heteroatoms. The minimum atomic E-state index is 0. The molecule has 1 aliphatic heterocycles. The van der Waals surface area contributed by atoms with Crippen LogP contribution >= 0.6 is 24.0 Å². The number of piperidine rings is 1. The van der Waals surface area contributed by atoms with Crippen LogP contribution in [0.1, 0.15) is 25.7 Å². The Morgan fingerprint density at radius 1 is 1.41 bits per heavy atom. The van der Waals surface area contributed by atoms with Crippen LogP contribution in [0.15, 0.2) is 18.2 Å². The third-order valence-electron chi connectivity index (χ3n) is 4.12. The lowest BCUT2D eigenvalue weighted by molar-refractivity contribution is -0.118. The van der Waals surface area contributed by atoms with Crippen molar-refractivity contribution in [2.24, 2.45) is 5.92 Å². The van der Waals surface area contributed by atoms with Crippen LogP contribution in [0.5, 0.6) is 5.75 Å². The zero-order chi connectivity index (χ0) is 15.2. The van der Waals surface area contributed by atoms with Gasteiger partial charge in [0.2, 0.25) is 5.91 Å². The molecule has 1 aromatic rings. The molecule has 1 aromatic carbocycles. The van der Waals surface area contributed by atoms with E-state index in [4.69, 9.17) is 16.3 Å². The van der Waals surface area contributed by atoms with E-state index < -0.39 is 0 Å². The first-order chi connectivity index (χ1) is 10.1. The third kappa shape index (κ3) is 5.04. The topological polar surface area (TPSA) is 41.6 Å².